The van der Waals surface area contributed by atoms with Gasteiger partial charge in [0.15, 0.2) is 0 Å². The molecule has 1 aromatic carbocycles. The van der Waals surface area contributed by atoms with Crippen LogP contribution in [-0.2, 0) is 10.7 Å². The van der Waals surface area contributed by atoms with Gasteiger partial charge in [0.05, 0.1) is 5.08 Å². The molecule has 1 saturated heterocycles. The first-order valence-corrected chi connectivity index (χ1v) is 7.60. The van der Waals surface area contributed by atoms with Crippen LogP contribution < -0.4 is 0 Å². The van der Waals surface area contributed by atoms with Gasteiger partial charge >= 0.3 is 0 Å². The maximum Gasteiger partial charge on any atom is 0.282 e. The summed E-state index contributed by atoms with van der Waals surface area (Å²) in [6, 6.07) is 9.32. The summed E-state index contributed by atoms with van der Waals surface area (Å²) >= 11 is 1.91. The van der Waals surface area contributed by atoms with E-state index in [0.717, 1.165) is 10.8 Å². The topological polar surface area (TPSA) is 29.4 Å². The standard InChI is InChI=1S/C11H13NOS2/c13-11(10-5-2-1-3-6-10)12-15-8-4-7-14-9-15/h1-3,5-6H,4,7-9H2. The van der Waals surface area contributed by atoms with Crippen molar-refractivity contribution >= 4 is 28.4 Å². The van der Waals surface area contributed by atoms with Gasteiger partial charge in [0, 0.05) is 11.3 Å². The molecule has 4 heteroatoms. The summed E-state index contributed by atoms with van der Waals surface area (Å²) < 4.78 is 4.27. The molecule has 1 heterocycles. The van der Waals surface area contributed by atoms with Gasteiger partial charge in [-0.25, -0.2) is 0 Å². The number of amides is 1. The van der Waals surface area contributed by atoms with Gasteiger partial charge < -0.3 is 0 Å². The number of thioether (sulfide) groups is 1. The predicted octanol–water partition coefficient (Wildman–Crippen LogP) is 2.72. The molecule has 80 valence electrons. The van der Waals surface area contributed by atoms with Crippen LogP contribution in [-0.4, -0.2) is 22.5 Å². The van der Waals surface area contributed by atoms with Gasteiger partial charge in [-0.3, -0.25) is 4.79 Å². The normalized spacial score (nSPS) is 21.5. The van der Waals surface area contributed by atoms with Crippen molar-refractivity contribution in [2.24, 2.45) is 4.36 Å². The minimum absolute atomic E-state index is 0.0368. The third-order valence-electron chi connectivity index (χ3n) is 2.12. The van der Waals surface area contributed by atoms with Crippen molar-refractivity contribution in [1.82, 2.24) is 0 Å². The van der Waals surface area contributed by atoms with Gasteiger partial charge in [0.1, 0.15) is 0 Å². The zero-order valence-electron chi connectivity index (χ0n) is 8.39. The second kappa shape index (κ2) is 5.47. The molecule has 0 spiro atoms. The minimum Gasteiger partial charge on any atom is -0.266 e. The SMILES string of the molecule is O=C(N=S1CCCSC1)c1ccccc1. The highest BCUT2D eigenvalue weighted by molar-refractivity contribution is 8.11. The van der Waals surface area contributed by atoms with E-state index in [4.69, 9.17) is 0 Å². The van der Waals surface area contributed by atoms with Crippen molar-refractivity contribution in [3.05, 3.63) is 35.9 Å². The van der Waals surface area contributed by atoms with Crippen molar-refractivity contribution < 1.29 is 4.79 Å². The van der Waals surface area contributed by atoms with Crippen molar-refractivity contribution in [1.29, 1.82) is 0 Å². The molecule has 1 atom stereocenters. The highest BCUT2D eigenvalue weighted by atomic mass is 32.2. The van der Waals surface area contributed by atoms with Gasteiger partial charge in [-0.1, -0.05) is 28.9 Å². The summed E-state index contributed by atoms with van der Waals surface area (Å²) in [5.41, 5.74) is 0.709. The minimum atomic E-state index is -0.0542. The van der Waals surface area contributed by atoms with Gasteiger partial charge in [-0.2, -0.15) is 16.1 Å². The van der Waals surface area contributed by atoms with Crippen LogP contribution in [0.4, 0.5) is 0 Å². The van der Waals surface area contributed by atoms with Crippen LogP contribution in [0.15, 0.2) is 34.7 Å². The summed E-state index contributed by atoms with van der Waals surface area (Å²) in [5, 5.41) is 1.03. The van der Waals surface area contributed by atoms with Crippen LogP contribution in [0.25, 0.3) is 0 Å². The number of carbonyl (C=O) groups is 1. The molecule has 0 saturated carbocycles. The third kappa shape index (κ3) is 3.18. The average molecular weight is 239 g/mol. The van der Waals surface area contributed by atoms with E-state index in [0.29, 0.717) is 5.56 Å². The van der Waals surface area contributed by atoms with E-state index in [-0.39, 0.29) is 16.6 Å². The van der Waals surface area contributed by atoms with E-state index < -0.39 is 0 Å². The van der Waals surface area contributed by atoms with Crippen LogP contribution >= 0.6 is 11.8 Å². The average Bonchev–Trinajstić information content (AvgIpc) is 2.31. The van der Waals surface area contributed by atoms with Crippen LogP contribution in [0.3, 0.4) is 0 Å². The Labute approximate surface area is 96.6 Å². The molecule has 0 aliphatic carbocycles. The monoisotopic (exact) mass is 239 g/mol. The molecule has 0 bridgehead atoms. The van der Waals surface area contributed by atoms with Crippen LogP contribution in [0.5, 0.6) is 0 Å². The van der Waals surface area contributed by atoms with E-state index in [1.165, 1.54) is 12.2 Å². The highest BCUT2D eigenvalue weighted by Gasteiger charge is 2.08. The summed E-state index contributed by atoms with van der Waals surface area (Å²) in [7, 11) is -0.0368. The lowest BCUT2D eigenvalue weighted by Gasteiger charge is -2.12. The Morgan fingerprint density at radius 3 is 2.80 bits per heavy atom. The highest BCUT2D eigenvalue weighted by Crippen LogP contribution is 2.15. The molecule has 1 aliphatic rings. The first-order valence-electron chi connectivity index (χ1n) is 4.93. The Bertz CT molecular complexity index is 367. The lowest BCUT2D eigenvalue weighted by atomic mass is 10.2. The Hall–Kier alpha value is -0.610. The van der Waals surface area contributed by atoms with Gasteiger partial charge in [0.2, 0.25) is 0 Å². The Morgan fingerprint density at radius 1 is 1.33 bits per heavy atom. The van der Waals surface area contributed by atoms with Crippen molar-refractivity contribution in [2.45, 2.75) is 6.42 Å². The lowest BCUT2D eigenvalue weighted by molar-refractivity contribution is 0.101. The van der Waals surface area contributed by atoms with E-state index >= 15 is 0 Å². The zero-order valence-corrected chi connectivity index (χ0v) is 10.0. The second-order valence-electron chi connectivity index (χ2n) is 3.31. The number of rotatable bonds is 1. The molecular weight excluding hydrogens is 226 g/mol. The zero-order chi connectivity index (χ0) is 10.5. The third-order valence-corrected chi connectivity index (χ3v) is 5.64. The summed E-state index contributed by atoms with van der Waals surface area (Å²) in [6.45, 7) is 0. The van der Waals surface area contributed by atoms with Gasteiger partial charge in [-0.05, 0) is 24.3 Å². The number of benzene rings is 1. The molecule has 15 heavy (non-hydrogen) atoms. The number of hydrogen-bond donors (Lipinski definition) is 0. The Morgan fingerprint density at radius 2 is 2.13 bits per heavy atom. The molecule has 1 fully saturated rings. The number of nitrogens with zero attached hydrogens (tertiary/aromatic N) is 1. The van der Waals surface area contributed by atoms with Gasteiger partial charge in [-0.15, -0.1) is 0 Å². The Balaban J connectivity index is 2.08. The number of hydrogen-bond acceptors (Lipinski definition) is 2. The largest absolute Gasteiger partial charge is 0.282 e. The van der Waals surface area contributed by atoms with Crippen LogP contribution in [0.1, 0.15) is 16.8 Å². The maximum atomic E-state index is 11.7. The van der Waals surface area contributed by atoms with Crippen molar-refractivity contribution in [2.75, 3.05) is 16.6 Å². The smallest absolute Gasteiger partial charge is 0.266 e. The van der Waals surface area contributed by atoms with E-state index in [1.807, 2.05) is 42.1 Å². The molecule has 0 aromatic heterocycles. The molecular formula is C11H13NOS2. The van der Waals surface area contributed by atoms with Crippen LogP contribution in [0, 0.1) is 0 Å². The van der Waals surface area contributed by atoms with Crippen molar-refractivity contribution in [3.8, 4) is 0 Å². The van der Waals surface area contributed by atoms with Crippen LogP contribution in [0.2, 0.25) is 0 Å². The summed E-state index contributed by atoms with van der Waals surface area (Å²) in [5.74, 6) is 2.26. The second-order valence-corrected chi connectivity index (χ2v) is 6.58. The summed E-state index contributed by atoms with van der Waals surface area (Å²) in [4.78, 5) is 11.7. The first kappa shape index (κ1) is 10.9. The lowest BCUT2D eigenvalue weighted by Crippen LogP contribution is -2.10. The molecule has 2 nitrogen and oxygen atoms in total. The van der Waals surface area contributed by atoms with E-state index in [1.54, 1.807) is 0 Å². The molecule has 0 radical (unpaired) electrons. The molecule has 1 unspecified atom stereocenters. The van der Waals surface area contributed by atoms with Gasteiger partial charge in [0.25, 0.3) is 5.91 Å². The maximum absolute atomic E-state index is 11.7. The van der Waals surface area contributed by atoms with Crippen molar-refractivity contribution in [3.63, 3.8) is 0 Å². The molecule has 1 aromatic rings. The molecule has 0 N–H and O–H groups in total. The first-order chi connectivity index (χ1) is 7.36. The number of carbonyl (C=O) groups excluding carboxylic acids is 1. The summed E-state index contributed by atoms with van der Waals surface area (Å²) in [6.07, 6.45) is 1.19. The molecule has 1 amide bonds. The fourth-order valence-electron chi connectivity index (χ4n) is 1.36. The fraction of sp³-hybridized carbons (Fsp3) is 0.364. The van der Waals surface area contributed by atoms with E-state index in [2.05, 4.69) is 4.36 Å². The molecule has 1 aliphatic heterocycles. The van der Waals surface area contributed by atoms with E-state index in [9.17, 15) is 4.79 Å². The Kier molecular flexibility index (Phi) is 3.97. The predicted molar refractivity (Wildman–Crippen MR) is 67.4 cm³/mol. The molecule has 2 rings (SSSR count). The quantitative estimate of drug-likeness (QED) is 0.754. The fourth-order valence-corrected chi connectivity index (χ4v) is 4.73.